The van der Waals surface area contributed by atoms with Crippen molar-refractivity contribution in [2.75, 3.05) is 11.4 Å². The van der Waals surface area contributed by atoms with E-state index in [-0.39, 0.29) is 5.69 Å². The van der Waals surface area contributed by atoms with E-state index in [1.807, 2.05) is 24.0 Å². The van der Waals surface area contributed by atoms with Crippen LogP contribution in [0.15, 0.2) is 36.9 Å². The van der Waals surface area contributed by atoms with Gasteiger partial charge < -0.3 is 10.0 Å². The van der Waals surface area contributed by atoms with Crippen LogP contribution in [0.5, 0.6) is 0 Å². The van der Waals surface area contributed by atoms with Gasteiger partial charge >= 0.3 is 5.97 Å². The average molecular weight is 258 g/mol. The molecule has 0 saturated carbocycles. The van der Waals surface area contributed by atoms with Crippen molar-refractivity contribution in [1.29, 1.82) is 0 Å². The van der Waals surface area contributed by atoms with E-state index in [0.29, 0.717) is 18.9 Å². The van der Waals surface area contributed by atoms with Crippen molar-refractivity contribution in [3.8, 4) is 0 Å². The molecule has 2 aromatic heterocycles. The Morgan fingerprint density at radius 3 is 2.53 bits per heavy atom. The molecule has 0 aliphatic rings. The maximum Gasteiger partial charge on any atom is 0.358 e. The van der Waals surface area contributed by atoms with E-state index in [0.717, 1.165) is 5.56 Å². The van der Waals surface area contributed by atoms with Gasteiger partial charge in [0.15, 0.2) is 11.5 Å². The van der Waals surface area contributed by atoms with Gasteiger partial charge in [-0.3, -0.25) is 4.98 Å². The monoisotopic (exact) mass is 258 g/mol. The molecule has 0 unspecified atom stereocenters. The van der Waals surface area contributed by atoms with E-state index in [1.165, 1.54) is 12.4 Å². The number of nitrogens with zero attached hydrogens (tertiary/aromatic N) is 4. The van der Waals surface area contributed by atoms with E-state index >= 15 is 0 Å². The molecule has 0 radical (unpaired) electrons. The molecule has 2 heterocycles. The molecule has 98 valence electrons. The second-order valence-electron chi connectivity index (χ2n) is 3.90. The highest BCUT2D eigenvalue weighted by Gasteiger charge is 2.17. The van der Waals surface area contributed by atoms with Crippen molar-refractivity contribution in [2.24, 2.45) is 0 Å². The first-order chi connectivity index (χ1) is 9.22. The first-order valence-corrected chi connectivity index (χ1v) is 5.90. The third-order valence-corrected chi connectivity index (χ3v) is 2.69. The summed E-state index contributed by atoms with van der Waals surface area (Å²) in [5.41, 5.74) is 1.01. The summed E-state index contributed by atoms with van der Waals surface area (Å²) in [5, 5.41) is 9.14. The van der Waals surface area contributed by atoms with Crippen LogP contribution in [0.2, 0.25) is 0 Å². The number of anilines is 1. The minimum Gasteiger partial charge on any atom is -0.476 e. The molecule has 0 amide bonds. The summed E-state index contributed by atoms with van der Waals surface area (Å²) in [4.78, 5) is 25.0. The molecule has 6 nitrogen and oxygen atoms in total. The fraction of sp³-hybridized carbons (Fsp3) is 0.231. The highest BCUT2D eigenvalue weighted by atomic mass is 16.4. The smallest absolute Gasteiger partial charge is 0.358 e. The molecule has 6 heteroatoms. The Bertz CT molecular complexity index is 560. The minimum atomic E-state index is -1.07. The van der Waals surface area contributed by atoms with Gasteiger partial charge in [0.05, 0.1) is 0 Å². The Balaban J connectivity index is 2.30. The highest BCUT2D eigenvalue weighted by molar-refractivity contribution is 5.90. The van der Waals surface area contributed by atoms with Crippen molar-refractivity contribution in [3.05, 3.63) is 48.2 Å². The summed E-state index contributed by atoms with van der Waals surface area (Å²) >= 11 is 0. The van der Waals surface area contributed by atoms with E-state index in [1.54, 1.807) is 12.4 Å². The van der Waals surface area contributed by atoms with Gasteiger partial charge in [-0.25, -0.2) is 14.8 Å². The zero-order valence-corrected chi connectivity index (χ0v) is 10.5. The lowest BCUT2D eigenvalue weighted by Gasteiger charge is -2.22. The van der Waals surface area contributed by atoms with Crippen LogP contribution in [0.1, 0.15) is 23.0 Å². The van der Waals surface area contributed by atoms with Gasteiger partial charge in [0.25, 0.3) is 0 Å². The highest BCUT2D eigenvalue weighted by Crippen LogP contribution is 2.17. The maximum absolute atomic E-state index is 11.2. The Morgan fingerprint density at radius 2 is 1.89 bits per heavy atom. The molecule has 0 aromatic carbocycles. The number of carboxylic acid groups (broad SMARTS) is 1. The number of carboxylic acids is 1. The predicted molar refractivity (Wildman–Crippen MR) is 70.0 cm³/mol. The molecule has 2 aromatic rings. The van der Waals surface area contributed by atoms with Crippen LogP contribution in [0.25, 0.3) is 0 Å². The third-order valence-electron chi connectivity index (χ3n) is 2.69. The van der Waals surface area contributed by atoms with Crippen LogP contribution in [-0.4, -0.2) is 32.6 Å². The van der Waals surface area contributed by atoms with Crippen molar-refractivity contribution in [2.45, 2.75) is 13.5 Å². The molecule has 0 saturated heterocycles. The number of rotatable bonds is 5. The van der Waals surface area contributed by atoms with Crippen molar-refractivity contribution in [1.82, 2.24) is 15.0 Å². The summed E-state index contributed by atoms with van der Waals surface area (Å²) < 4.78 is 0. The van der Waals surface area contributed by atoms with Gasteiger partial charge in [-0.1, -0.05) is 0 Å². The van der Waals surface area contributed by atoms with E-state index < -0.39 is 5.97 Å². The lowest BCUT2D eigenvalue weighted by atomic mass is 10.2. The number of hydrogen-bond donors (Lipinski definition) is 1. The zero-order chi connectivity index (χ0) is 13.7. The summed E-state index contributed by atoms with van der Waals surface area (Å²) in [6.07, 6.45) is 6.29. The third kappa shape index (κ3) is 3.04. The summed E-state index contributed by atoms with van der Waals surface area (Å²) in [6.45, 7) is 3.15. The molecule has 0 aliphatic heterocycles. The summed E-state index contributed by atoms with van der Waals surface area (Å²) in [6, 6.07) is 3.78. The molecule has 0 spiro atoms. The maximum atomic E-state index is 11.2. The molecule has 19 heavy (non-hydrogen) atoms. The molecule has 0 bridgehead atoms. The van der Waals surface area contributed by atoms with Crippen LogP contribution in [0.4, 0.5) is 5.82 Å². The van der Waals surface area contributed by atoms with Crippen LogP contribution in [-0.2, 0) is 6.54 Å². The lowest BCUT2D eigenvalue weighted by Crippen LogP contribution is -2.26. The molecule has 0 aliphatic carbocycles. The fourth-order valence-electron chi connectivity index (χ4n) is 1.76. The number of hydrogen-bond acceptors (Lipinski definition) is 5. The topological polar surface area (TPSA) is 79.2 Å². The summed E-state index contributed by atoms with van der Waals surface area (Å²) in [5.74, 6) is -0.689. The zero-order valence-electron chi connectivity index (χ0n) is 10.5. The first-order valence-electron chi connectivity index (χ1n) is 5.90. The van der Waals surface area contributed by atoms with Crippen molar-refractivity contribution in [3.63, 3.8) is 0 Å². The number of aromatic nitrogens is 3. The molecule has 2 rings (SSSR count). The number of carbonyl (C=O) groups is 1. The van der Waals surface area contributed by atoms with Gasteiger partial charge in [0.1, 0.15) is 0 Å². The average Bonchev–Trinajstić information content (AvgIpc) is 2.46. The lowest BCUT2D eigenvalue weighted by molar-refractivity contribution is 0.0690. The Kier molecular flexibility index (Phi) is 4.02. The van der Waals surface area contributed by atoms with Crippen LogP contribution in [0, 0.1) is 0 Å². The standard InChI is InChI=1S/C13H14N4O2/c1-2-17(9-10-3-5-14-6-4-10)12-11(13(18)19)15-7-8-16-12/h3-8H,2,9H2,1H3,(H,18,19). The SMILES string of the molecule is CCN(Cc1ccncc1)c1nccnc1C(=O)O. The van der Waals surface area contributed by atoms with Gasteiger partial charge in [-0.05, 0) is 24.6 Å². The molecular formula is C13H14N4O2. The number of pyridine rings is 1. The Hall–Kier alpha value is -2.50. The molecule has 0 atom stereocenters. The van der Waals surface area contributed by atoms with E-state index in [2.05, 4.69) is 15.0 Å². The van der Waals surface area contributed by atoms with Gasteiger partial charge in [0.2, 0.25) is 0 Å². The normalized spacial score (nSPS) is 10.2. The molecule has 1 N–H and O–H groups in total. The summed E-state index contributed by atoms with van der Waals surface area (Å²) in [7, 11) is 0. The van der Waals surface area contributed by atoms with E-state index in [4.69, 9.17) is 5.11 Å². The van der Waals surface area contributed by atoms with Gasteiger partial charge in [-0.15, -0.1) is 0 Å². The van der Waals surface area contributed by atoms with Gasteiger partial charge in [-0.2, -0.15) is 0 Å². The first kappa shape index (κ1) is 12.9. The largest absolute Gasteiger partial charge is 0.476 e. The second-order valence-corrected chi connectivity index (χ2v) is 3.90. The van der Waals surface area contributed by atoms with Crippen LogP contribution >= 0.6 is 0 Å². The van der Waals surface area contributed by atoms with Crippen LogP contribution in [0.3, 0.4) is 0 Å². The second kappa shape index (κ2) is 5.90. The molecule has 0 fully saturated rings. The Labute approximate surface area is 110 Å². The van der Waals surface area contributed by atoms with Crippen molar-refractivity contribution >= 4 is 11.8 Å². The van der Waals surface area contributed by atoms with Crippen molar-refractivity contribution < 1.29 is 9.90 Å². The quantitative estimate of drug-likeness (QED) is 0.877. The molecular weight excluding hydrogens is 244 g/mol. The van der Waals surface area contributed by atoms with Crippen LogP contribution < -0.4 is 4.90 Å². The van der Waals surface area contributed by atoms with E-state index in [9.17, 15) is 4.79 Å². The predicted octanol–water partition coefficient (Wildman–Crippen LogP) is 1.60. The van der Waals surface area contributed by atoms with Gasteiger partial charge in [0, 0.05) is 37.9 Å². The number of aromatic carboxylic acids is 1. The Morgan fingerprint density at radius 1 is 1.21 bits per heavy atom. The minimum absolute atomic E-state index is 0.0293. The fourth-order valence-corrected chi connectivity index (χ4v) is 1.76.